The van der Waals surface area contributed by atoms with E-state index in [2.05, 4.69) is 181 Å². The van der Waals surface area contributed by atoms with E-state index in [-0.39, 0.29) is 5.49 Å². The summed E-state index contributed by atoms with van der Waals surface area (Å²) in [7, 11) is 4.42. The van der Waals surface area contributed by atoms with Gasteiger partial charge in [-0.15, -0.1) is 94.1 Å². The Balaban J connectivity index is 1.29. The first kappa shape index (κ1) is 22.7. The highest BCUT2D eigenvalue weighted by Gasteiger charge is 2.71. The van der Waals surface area contributed by atoms with Crippen LogP contribution < -0.4 is 0 Å². The van der Waals surface area contributed by atoms with Crippen LogP contribution in [0.5, 0.6) is 0 Å². The molecule has 28 heavy (non-hydrogen) atoms. The van der Waals surface area contributed by atoms with E-state index in [1.54, 1.807) is 0 Å². The molecule has 8 saturated heterocycles. The van der Waals surface area contributed by atoms with Crippen molar-refractivity contribution in [1.82, 2.24) is 0 Å². The molecule has 158 valence electrons. The Morgan fingerprint density at radius 3 is 0.964 bits per heavy atom. The fourth-order valence-corrected chi connectivity index (χ4v) is 46.9. The summed E-state index contributed by atoms with van der Waals surface area (Å²) in [6.45, 7) is 15.0. The van der Waals surface area contributed by atoms with Crippen LogP contribution in [0.15, 0.2) is 0 Å². The molecule has 0 amide bonds. The van der Waals surface area contributed by atoms with Gasteiger partial charge in [0.15, 0.2) is 5.49 Å². The van der Waals surface area contributed by atoms with Gasteiger partial charge in [-0.3, -0.25) is 0 Å². The second-order valence-corrected chi connectivity index (χ2v) is 34.9. The Morgan fingerprint density at radius 2 is 0.714 bits per heavy atom. The minimum absolute atomic E-state index is 0.228. The molecule has 0 spiro atoms. The molecule has 12 heteroatoms. The standard InChI is InChI=1S/C16H22S12/c1-9-7-10(2)18-13(5,17-9)25-15(21-9,22-10)27-28-16-23-11(3)8-12(4,24-16)20-14(6,19-11)26-16/h7-8H2,1-6H3. The summed E-state index contributed by atoms with van der Waals surface area (Å²) in [5.74, 6) is 0. The highest BCUT2D eigenvalue weighted by molar-refractivity contribution is 8.91. The van der Waals surface area contributed by atoms with Gasteiger partial charge in [0, 0.05) is 0 Å². The van der Waals surface area contributed by atoms with Crippen molar-refractivity contribution in [1.29, 1.82) is 0 Å². The second-order valence-electron chi connectivity index (χ2n) is 8.80. The van der Waals surface area contributed by atoms with Crippen molar-refractivity contribution < 1.29 is 0 Å². The SMILES string of the molecule is CC12CC3(C)SC(C)(S1)SC(SSC14SC5(C)CC(C)(SC(C)(S5)S1)S4)(S2)S3. The van der Waals surface area contributed by atoms with E-state index < -0.39 is 0 Å². The smallest absolute Gasteiger partial charge is 0.116 e. The highest BCUT2D eigenvalue weighted by Crippen LogP contribution is 2.92. The van der Waals surface area contributed by atoms with Crippen LogP contribution in [0, 0.1) is 0 Å². The number of thioether (sulfide) groups is 10. The van der Waals surface area contributed by atoms with Gasteiger partial charge in [0.2, 0.25) is 0 Å². The third kappa shape index (κ3) is 3.72. The molecule has 8 bridgehead atoms. The van der Waals surface area contributed by atoms with Gasteiger partial charge in [0.1, 0.15) is 6.82 Å². The zero-order valence-electron chi connectivity index (χ0n) is 16.3. The molecule has 8 fully saturated rings. The zero-order valence-corrected chi connectivity index (χ0v) is 26.1. The second kappa shape index (κ2) is 6.49. The molecule has 0 aromatic rings. The minimum atomic E-state index is 0.228. The Kier molecular flexibility index (Phi) is 5.25. The largest absolute Gasteiger partial charge is 0.168 e. The van der Waals surface area contributed by atoms with Gasteiger partial charge in [-0.25, -0.2) is 0 Å². The molecule has 0 N–H and O–H groups in total. The maximum atomic E-state index is 2.51. The molecule has 0 aromatic heterocycles. The first-order valence-corrected chi connectivity index (χ1v) is 19.4. The molecule has 0 radical (unpaired) electrons. The molecule has 8 aliphatic rings. The van der Waals surface area contributed by atoms with Crippen molar-refractivity contribution in [2.75, 3.05) is 0 Å². The van der Waals surface area contributed by atoms with E-state index in [1.807, 2.05) is 0 Å². The van der Waals surface area contributed by atoms with E-state index in [0.29, 0.717) is 23.1 Å². The van der Waals surface area contributed by atoms with Gasteiger partial charge in [0.25, 0.3) is 0 Å². The maximum Gasteiger partial charge on any atom is 0.168 e. The summed E-state index contributed by atoms with van der Waals surface area (Å²) in [5.41, 5.74) is 0. The number of hydrogen-bond acceptors (Lipinski definition) is 12. The van der Waals surface area contributed by atoms with Crippen LogP contribution in [0.2, 0.25) is 0 Å². The van der Waals surface area contributed by atoms with E-state index in [9.17, 15) is 0 Å². The van der Waals surface area contributed by atoms with E-state index in [4.69, 9.17) is 0 Å². The fourth-order valence-electron chi connectivity index (χ4n) is 5.07. The van der Waals surface area contributed by atoms with Crippen molar-refractivity contribution in [3.63, 3.8) is 0 Å². The molecule has 8 aliphatic heterocycles. The topological polar surface area (TPSA) is 0 Å². The molecule has 8 heterocycles. The lowest BCUT2D eigenvalue weighted by atomic mass is 10.2. The van der Waals surface area contributed by atoms with Crippen LogP contribution in [0.3, 0.4) is 0 Å². The molecular weight excluding hydrogens is 577 g/mol. The van der Waals surface area contributed by atoms with Gasteiger partial charge in [-0.1, -0.05) is 45.1 Å². The molecule has 4 unspecified atom stereocenters. The van der Waals surface area contributed by atoms with Crippen LogP contribution in [0.1, 0.15) is 54.4 Å². The van der Waals surface area contributed by atoms with Crippen molar-refractivity contribution in [2.24, 2.45) is 0 Å². The Hall–Kier alpha value is 4.20. The highest BCUT2D eigenvalue weighted by atomic mass is 33.1. The van der Waals surface area contributed by atoms with Crippen molar-refractivity contribution in [2.45, 2.75) is 83.0 Å². The molecule has 0 nitrogen and oxygen atoms in total. The predicted octanol–water partition coefficient (Wildman–Crippen LogP) is 10.00. The van der Waals surface area contributed by atoms with Crippen LogP contribution in [-0.4, -0.2) is 28.6 Å². The summed E-state index contributed by atoms with van der Waals surface area (Å²) in [6.07, 6.45) is 2.64. The molecule has 4 atom stereocenters. The average Bonchev–Trinajstić information content (AvgIpc) is 2.34. The molecule has 8 rings (SSSR count). The summed E-state index contributed by atoms with van der Waals surface area (Å²) in [6, 6.07) is 0. The van der Waals surface area contributed by atoms with Crippen LogP contribution in [0.25, 0.3) is 0 Å². The average molecular weight is 599 g/mol. The quantitative estimate of drug-likeness (QED) is 0.284. The lowest BCUT2D eigenvalue weighted by Gasteiger charge is -2.67. The van der Waals surface area contributed by atoms with Crippen LogP contribution >= 0.6 is 139 Å². The monoisotopic (exact) mass is 598 g/mol. The van der Waals surface area contributed by atoms with Crippen LogP contribution in [0.4, 0.5) is 0 Å². The zero-order chi connectivity index (χ0) is 19.9. The number of hydrogen-bond donors (Lipinski definition) is 0. The van der Waals surface area contributed by atoms with Crippen molar-refractivity contribution >= 4 is 139 Å². The molecular formula is C16H22S12. The van der Waals surface area contributed by atoms with Crippen LogP contribution in [-0.2, 0) is 0 Å². The maximum absolute atomic E-state index is 2.51. The first-order chi connectivity index (χ1) is 12.7. The number of rotatable bonds is 3. The molecule has 0 aliphatic carbocycles. The van der Waals surface area contributed by atoms with Gasteiger partial charge >= 0.3 is 0 Å². The minimum Gasteiger partial charge on any atom is -0.116 e. The van der Waals surface area contributed by atoms with E-state index >= 15 is 0 Å². The summed E-state index contributed by atoms with van der Waals surface area (Å²) in [4.78, 5) is 0. The van der Waals surface area contributed by atoms with E-state index in [0.717, 1.165) is 0 Å². The Labute approximate surface area is 219 Å². The van der Waals surface area contributed by atoms with Crippen molar-refractivity contribution in [3.05, 3.63) is 0 Å². The lowest BCUT2D eigenvalue weighted by molar-refractivity contribution is 0.700. The van der Waals surface area contributed by atoms with Gasteiger partial charge < -0.3 is 0 Å². The third-order valence-electron chi connectivity index (χ3n) is 5.12. The van der Waals surface area contributed by atoms with Gasteiger partial charge in [-0.05, 0) is 54.4 Å². The van der Waals surface area contributed by atoms with Gasteiger partial charge in [0.05, 0.1) is 16.3 Å². The van der Waals surface area contributed by atoms with E-state index in [1.165, 1.54) is 12.8 Å². The van der Waals surface area contributed by atoms with Crippen molar-refractivity contribution in [3.8, 4) is 0 Å². The molecule has 0 saturated carbocycles. The summed E-state index contributed by atoms with van der Waals surface area (Å²) < 4.78 is 2.52. The lowest BCUT2D eigenvalue weighted by Crippen LogP contribution is -2.54. The first-order valence-electron chi connectivity index (χ1n) is 9.07. The third-order valence-corrected chi connectivity index (χ3v) is 28.6. The normalized spacial score (nSPS) is 66.6. The summed E-state index contributed by atoms with van der Waals surface area (Å²) >= 11 is 22.4. The summed E-state index contributed by atoms with van der Waals surface area (Å²) in [5, 5.41) is 0. The Morgan fingerprint density at radius 1 is 0.429 bits per heavy atom. The Bertz CT molecular complexity index is 585. The molecule has 0 aromatic carbocycles. The van der Waals surface area contributed by atoms with Gasteiger partial charge in [-0.2, -0.15) is 0 Å². The predicted molar refractivity (Wildman–Crippen MR) is 156 cm³/mol. The fraction of sp³-hybridized carbons (Fsp3) is 1.00.